The highest BCUT2D eigenvalue weighted by Gasteiger charge is 2.44. The lowest BCUT2D eigenvalue weighted by Gasteiger charge is -2.11. The molecule has 0 amide bonds. The van der Waals surface area contributed by atoms with E-state index in [0.717, 1.165) is 6.54 Å². The molecule has 88 valence electrons. The number of rotatable bonds is 4. The van der Waals surface area contributed by atoms with Crippen molar-refractivity contribution in [2.45, 2.75) is 18.3 Å². The van der Waals surface area contributed by atoms with Gasteiger partial charge in [-0.3, -0.25) is 0 Å². The summed E-state index contributed by atoms with van der Waals surface area (Å²) in [7, 11) is 2.05. The van der Waals surface area contributed by atoms with E-state index < -0.39 is 0 Å². The second kappa shape index (κ2) is 4.28. The second-order valence-corrected chi connectivity index (χ2v) is 5.92. The van der Waals surface area contributed by atoms with Crippen LogP contribution in [0.1, 0.15) is 17.7 Å². The summed E-state index contributed by atoms with van der Waals surface area (Å²) in [5.74, 6) is 0. The van der Waals surface area contributed by atoms with Gasteiger partial charge in [0.15, 0.2) is 0 Å². The Balaban J connectivity index is 1.89. The van der Waals surface area contributed by atoms with Crippen molar-refractivity contribution in [3.05, 3.63) is 47.3 Å². The lowest BCUT2D eigenvalue weighted by Crippen LogP contribution is -2.22. The van der Waals surface area contributed by atoms with E-state index in [1.165, 1.54) is 23.3 Å². The molecule has 1 aromatic heterocycles. The first kappa shape index (κ1) is 11.0. The van der Waals surface area contributed by atoms with Gasteiger partial charge in [0.05, 0.1) is 0 Å². The first-order chi connectivity index (χ1) is 8.34. The van der Waals surface area contributed by atoms with Crippen LogP contribution in [0.3, 0.4) is 0 Å². The molecule has 0 atom stereocenters. The molecule has 0 bridgehead atoms. The first-order valence-electron chi connectivity index (χ1n) is 6.14. The maximum Gasteiger partial charge on any atom is 0.0345 e. The van der Waals surface area contributed by atoms with E-state index in [1.54, 1.807) is 4.88 Å². The van der Waals surface area contributed by atoms with Crippen molar-refractivity contribution < 1.29 is 0 Å². The van der Waals surface area contributed by atoms with Crippen LogP contribution in [0.15, 0.2) is 42.5 Å². The fourth-order valence-electron chi connectivity index (χ4n) is 2.38. The number of benzene rings is 1. The summed E-state index contributed by atoms with van der Waals surface area (Å²) in [4.78, 5) is 2.94. The predicted molar refractivity (Wildman–Crippen MR) is 74.6 cm³/mol. The van der Waals surface area contributed by atoms with Crippen LogP contribution in [0.25, 0.3) is 10.4 Å². The Labute approximate surface area is 106 Å². The highest BCUT2D eigenvalue weighted by molar-refractivity contribution is 7.15. The molecule has 1 fully saturated rings. The van der Waals surface area contributed by atoms with E-state index in [0.29, 0.717) is 5.41 Å². The van der Waals surface area contributed by atoms with Crippen molar-refractivity contribution in [3.8, 4) is 10.4 Å². The molecule has 1 N–H and O–H groups in total. The summed E-state index contributed by atoms with van der Waals surface area (Å²) in [6.45, 7) is 1.11. The fourth-order valence-corrected chi connectivity index (χ4v) is 3.64. The van der Waals surface area contributed by atoms with E-state index in [2.05, 4.69) is 47.8 Å². The Morgan fingerprint density at radius 3 is 2.53 bits per heavy atom. The molecule has 0 spiro atoms. The van der Waals surface area contributed by atoms with Gasteiger partial charge in [0.1, 0.15) is 0 Å². The van der Waals surface area contributed by atoms with Gasteiger partial charge in [-0.05, 0) is 37.6 Å². The van der Waals surface area contributed by atoms with Crippen LogP contribution >= 0.6 is 11.3 Å². The van der Waals surface area contributed by atoms with Crippen LogP contribution in [-0.4, -0.2) is 13.6 Å². The van der Waals surface area contributed by atoms with Crippen molar-refractivity contribution in [1.29, 1.82) is 0 Å². The average molecular weight is 243 g/mol. The van der Waals surface area contributed by atoms with Crippen molar-refractivity contribution in [1.82, 2.24) is 5.32 Å². The molecule has 17 heavy (non-hydrogen) atoms. The van der Waals surface area contributed by atoms with Crippen LogP contribution in [0, 0.1) is 0 Å². The fraction of sp³-hybridized carbons (Fsp3) is 0.333. The largest absolute Gasteiger partial charge is 0.319 e. The highest BCUT2D eigenvalue weighted by atomic mass is 32.1. The Kier molecular flexibility index (Phi) is 2.77. The predicted octanol–water partition coefficient (Wildman–Crippen LogP) is 3.67. The molecule has 3 rings (SSSR count). The standard InChI is InChI=1S/C15H17NS/c1-16-11-15(9-10-15)14-8-7-13(17-14)12-5-3-2-4-6-12/h2-8,16H,9-11H2,1H3. The molecule has 2 aromatic rings. The Bertz CT molecular complexity index is 497. The van der Waals surface area contributed by atoms with Crippen LogP contribution in [0.5, 0.6) is 0 Å². The molecule has 0 saturated heterocycles. The van der Waals surface area contributed by atoms with Gasteiger partial charge >= 0.3 is 0 Å². The topological polar surface area (TPSA) is 12.0 Å². The van der Waals surface area contributed by atoms with Crippen LogP contribution in [0.2, 0.25) is 0 Å². The minimum atomic E-state index is 0.451. The third-order valence-corrected chi connectivity index (χ3v) is 4.94. The summed E-state index contributed by atoms with van der Waals surface area (Å²) in [6, 6.07) is 15.2. The Morgan fingerprint density at radius 1 is 1.12 bits per heavy atom. The number of likely N-dealkylation sites (N-methyl/N-ethyl adjacent to an activating group) is 1. The van der Waals surface area contributed by atoms with Gasteiger partial charge in [-0.1, -0.05) is 30.3 Å². The van der Waals surface area contributed by atoms with Crippen molar-refractivity contribution >= 4 is 11.3 Å². The zero-order chi connectivity index (χ0) is 11.7. The molecule has 0 unspecified atom stereocenters. The minimum absolute atomic E-state index is 0.451. The van der Waals surface area contributed by atoms with Gasteiger partial charge in [0, 0.05) is 21.7 Å². The zero-order valence-electron chi connectivity index (χ0n) is 10.1. The normalized spacial score (nSPS) is 17.0. The van der Waals surface area contributed by atoms with E-state index >= 15 is 0 Å². The van der Waals surface area contributed by atoms with Crippen LogP contribution in [-0.2, 0) is 5.41 Å². The molecule has 1 heterocycles. The zero-order valence-corrected chi connectivity index (χ0v) is 10.9. The molecule has 0 radical (unpaired) electrons. The smallest absolute Gasteiger partial charge is 0.0345 e. The van der Waals surface area contributed by atoms with E-state index in [4.69, 9.17) is 0 Å². The molecule has 1 saturated carbocycles. The number of hydrogen-bond acceptors (Lipinski definition) is 2. The molecule has 1 nitrogen and oxygen atoms in total. The van der Waals surface area contributed by atoms with Crippen LogP contribution < -0.4 is 5.32 Å². The second-order valence-electron chi connectivity index (χ2n) is 4.84. The summed E-state index contributed by atoms with van der Waals surface area (Å²) < 4.78 is 0. The van der Waals surface area contributed by atoms with Crippen molar-refractivity contribution in [3.63, 3.8) is 0 Å². The maximum absolute atomic E-state index is 3.32. The molecule has 1 aliphatic carbocycles. The van der Waals surface area contributed by atoms with Gasteiger partial charge in [0.25, 0.3) is 0 Å². The van der Waals surface area contributed by atoms with E-state index in [9.17, 15) is 0 Å². The third kappa shape index (κ3) is 2.03. The molecular weight excluding hydrogens is 226 g/mol. The lowest BCUT2D eigenvalue weighted by atomic mass is 10.1. The number of nitrogens with one attached hydrogen (secondary N) is 1. The van der Waals surface area contributed by atoms with Crippen molar-refractivity contribution in [2.75, 3.05) is 13.6 Å². The lowest BCUT2D eigenvalue weighted by molar-refractivity contribution is 0.634. The third-order valence-electron chi connectivity index (χ3n) is 3.56. The molecule has 0 aliphatic heterocycles. The molecule has 1 aromatic carbocycles. The first-order valence-corrected chi connectivity index (χ1v) is 6.96. The molecule has 1 aliphatic rings. The van der Waals surface area contributed by atoms with Gasteiger partial charge in [-0.2, -0.15) is 0 Å². The molecular formula is C15H17NS. The monoisotopic (exact) mass is 243 g/mol. The number of thiophene rings is 1. The Hall–Kier alpha value is -1.12. The van der Waals surface area contributed by atoms with Gasteiger partial charge in [0.2, 0.25) is 0 Å². The minimum Gasteiger partial charge on any atom is -0.319 e. The maximum atomic E-state index is 3.32. The highest BCUT2D eigenvalue weighted by Crippen LogP contribution is 2.51. The quantitative estimate of drug-likeness (QED) is 0.864. The molecule has 2 heteroatoms. The summed E-state index contributed by atoms with van der Waals surface area (Å²) >= 11 is 1.96. The summed E-state index contributed by atoms with van der Waals surface area (Å²) in [5, 5.41) is 3.32. The SMILES string of the molecule is CNCC1(c2ccc(-c3ccccc3)s2)CC1. The van der Waals surface area contributed by atoms with Crippen LogP contribution in [0.4, 0.5) is 0 Å². The van der Waals surface area contributed by atoms with Crippen molar-refractivity contribution in [2.24, 2.45) is 0 Å². The summed E-state index contributed by atoms with van der Waals surface area (Å²) in [6.07, 6.45) is 2.67. The average Bonchev–Trinajstić information content (AvgIpc) is 2.98. The number of hydrogen-bond donors (Lipinski definition) is 1. The summed E-state index contributed by atoms with van der Waals surface area (Å²) in [5.41, 5.74) is 1.79. The van der Waals surface area contributed by atoms with E-state index in [1.807, 2.05) is 18.4 Å². The van der Waals surface area contributed by atoms with Gasteiger partial charge in [-0.15, -0.1) is 11.3 Å². The Morgan fingerprint density at radius 2 is 1.88 bits per heavy atom. The van der Waals surface area contributed by atoms with E-state index in [-0.39, 0.29) is 0 Å². The van der Waals surface area contributed by atoms with Gasteiger partial charge < -0.3 is 5.32 Å². The van der Waals surface area contributed by atoms with Gasteiger partial charge in [-0.25, -0.2) is 0 Å².